The minimum absolute atomic E-state index is 0.542. The normalized spacial score (nSPS) is 10.6. The van der Waals surface area contributed by atoms with Crippen LogP contribution in [0.4, 0.5) is 4.79 Å². The molecule has 3 nitrogen and oxygen atoms in total. The molecule has 0 saturated carbocycles. The Morgan fingerprint density at radius 3 is 1.42 bits per heavy atom. The first-order valence-electron chi connectivity index (χ1n) is 8.22. The fourth-order valence-electron chi connectivity index (χ4n) is 2.33. The molecule has 3 heteroatoms. The first kappa shape index (κ1) is 18.3. The molecule has 1 amide bonds. The van der Waals surface area contributed by atoms with E-state index in [1.165, 1.54) is 70.6 Å². The van der Waals surface area contributed by atoms with Gasteiger partial charge in [0.1, 0.15) is 0 Å². The van der Waals surface area contributed by atoms with Crippen molar-refractivity contribution in [1.82, 2.24) is 5.32 Å². The molecule has 0 spiro atoms. The summed E-state index contributed by atoms with van der Waals surface area (Å²) in [6.07, 6.45) is 15.9. The van der Waals surface area contributed by atoms with Gasteiger partial charge in [-0.3, -0.25) is 0 Å². The summed E-state index contributed by atoms with van der Waals surface area (Å²) in [6, 6.07) is 0. The highest BCUT2D eigenvalue weighted by Crippen LogP contribution is 2.12. The van der Waals surface area contributed by atoms with Gasteiger partial charge < -0.3 is 5.32 Å². The third-order valence-corrected chi connectivity index (χ3v) is 3.55. The Kier molecular flexibility index (Phi) is 14.7. The van der Waals surface area contributed by atoms with Crippen LogP contribution in [-0.4, -0.2) is 12.6 Å². The van der Waals surface area contributed by atoms with Crippen molar-refractivity contribution in [1.29, 1.82) is 0 Å². The molecular formula is C16H32NO2. The van der Waals surface area contributed by atoms with Crippen LogP contribution < -0.4 is 5.32 Å². The zero-order valence-corrected chi connectivity index (χ0v) is 12.7. The van der Waals surface area contributed by atoms with Gasteiger partial charge in [0.2, 0.25) is 0 Å². The van der Waals surface area contributed by atoms with Gasteiger partial charge in [-0.05, 0) is 6.42 Å². The highest BCUT2D eigenvalue weighted by atomic mass is 16.4. The zero-order valence-electron chi connectivity index (χ0n) is 12.7. The van der Waals surface area contributed by atoms with E-state index in [-0.39, 0.29) is 0 Å². The van der Waals surface area contributed by atoms with Crippen LogP contribution in [-0.2, 0) is 5.11 Å². The molecule has 0 aromatic carbocycles. The molecular weight excluding hydrogens is 238 g/mol. The monoisotopic (exact) mass is 270 g/mol. The Morgan fingerprint density at radius 1 is 0.684 bits per heavy atom. The quantitative estimate of drug-likeness (QED) is 0.432. The van der Waals surface area contributed by atoms with E-state index in [0.29, 0.717) is 6.54 Å². The average Bonchev–Trinajstić information content (AvgIpc) is 2.39. The second-order valence-electron chi connectivity index (χ2n) is 5.46. The molecule has 0 atom stereocenters. The fraction of sp³-hybridized carbons (Fsp3) is 0.938. The number of carbonyl (C=O) groups is 1. The van der Waals surface area contributed by atoms with Gasteiger partial charge in [-0.25, -0.2) is 9.90 Å². The number of carbonyl (C=O) groups excluding carboxylic acids is 1. The van der Waals surface area contributed by atoms with Gasteiger partial charge in [-0.1, -0.05) is 84.0 Å². The molecule has 0 heterocycles. The van der Waals surface area contributed by atoms with E-state index in [0.717, 1.165) is 12.8 Å². The summed E-state index contributed by atoms with van der Waals surface area (Å²) < 4.78 is 0. The van der Waals surface area contributed by atoms with Crippen molar-refractivity contribution in [3.63, 3.8) is 0 Å². The number of rotatable bonds is 14. The van der Waals surface area contributed by atoms with Crippen LogP contribution in [0.3, 0.4) is 0 Å². The predicted octanol–water partition coefficient (Wildman–Crippen LogP) is 5.22. The summed E-state index contributed by atoms with van der Waals surface area (Å²) in [6.45, 7) is 2.80. The fourth-order valence-corrected chi connectivity index (χ4v) is 2.33. The molecule has 19 heavy (non-hydrogen) atoms. The lowest BCUT2D eigenvalue weighted by molar-refractivity contribution is 0.168. The number of hydrogen-bond donors (Lipinski definition) is 1. The minimum Gasteiger partial charge on any atom is -0.318 e. The SMILES string of the molecule is CCCCCCCCCCCCCCCNC([O])=O. The van der Waals surface area contributed by atoms with Crippen molar-refractivity contribution >= 4 is 6.09 Å². The third-order valence-electron chi connectivity index (χ3n) is 3.55. The summed E-state index contributed by atoms with van der Waals surface area (Å²) in [5.41, 5.74) is 0. The number of hydrogen-bond acceptors (Lipinski definition) is 1. The molecule has 1 N–H and O–H groups in total. The molecule has 0 aromatic heterocycles. The van der Waals surface area contributed by atoms with Gasteiger partial charge >= 0.3 is 6.09 Å². The Labute approximate surface area is 119 Å². The van der Waals surface area contributed by atoms with Crippen molar-refractivity contribution < 1.29 is 9.90 Å². The van der Waals surface area contributed by atoms with Gasteiger partial charge in [0, 0.05) is 6.54 Å². The van der Waals surface area contributed by atoms with Crippen LogP contribution in [0, 0.1) is 0 Å². The van der Waals surface area contributed by atoms with E-state index in [2.05, 4.69) is 12.2 Å². The van der Waals surface area contributed by atoms with Crippen LogP contribution >= 0.6 is 0 Å². The second kappa shape index (κ2) is 15.3. The first-order valence-corrected chi connectivity index (χ1v) is 8.22. The molecule has 0 aliphatic heterocycles. The summed E-state index contributed by atoms with van der Waals surface area (Å²) in [5.74, 6) is 0. The molecule has 0 bridgehead atoms. The average molecular weight is 270 g/mol. The standard InChI is InChI=1S/C16H32NO2/c1-2-3-4-5-6-7-8-9-10-11-12-13-14-15-17-16(18)19/h17H,2-15H2,1H3. The van der Waals surface area contributed by atoms with Gasteiger partial charge in [0.05, 0.1) is 0 Å². The lowest BCUT2D eigenvalue weighted by Crippen LogP contribution is -2.20. The Balaban J connectivity index is 2.93. The Hall–Kier alpha value is -0.730. The lowest BCUT2D eigenvalue weighted by Gasteiger charge is -2.03. The molecule has 0 saturated heterocycles. The topological polar surface area (TPSA) is 49.0 Å². The van der Waals surface area contributed by atoms with Crippen molar-refractivity contribution in [2.75, 3.05) is 6.54 Å². The maximum absolute atomic E-state index is 10.1. The largest absolute Gasteiger partial charge is 0.450 e. The molecule has 0 fully saturated rings. The molecule has 0 unspecified atom stereocenters. The summed E-state index contributed by atoms with van der Waals surface area (Å²) >= 11 is 0. The van der Waals surface area contributed by atoms with Crippen molar-refractivity contribution in [3.8, 4) is 0 Å². The summed E-state index contributed by atoms with van der Waals surface area (Å²) in [5, 5.41) is 12.4. The minimum atomic E-state index is -1.15. The highest BCUT2D eigenvalue weighted by Gasteiger charge is 1.96. The smallest absolute Gasteiger partial charge is 0.318 e. The molecule has 113 valence electrons. The molecule has 0 aliphatic carbocycles. The Morgan fingerprint density at radius 2 is 1.05 bits per heavy atom. The van der Waals surface area contributed by atoms with E-state index < -0.39 is 6.09 Å². The van der Waals surface area contributed by atoms with Gasteiger partial charge in [0.25, 0.3) is 0 Å². The lowest BCUT2D eigenvalue weighted by atomic mass is 10.0. The van der Waals surface area contributed by atoms with E-state index in [1.54, 1.807) is 0 Å². The molecule has 1 radical (unpaired) electrons. The number of nitrogens with one attached hydrogen (secondary N) is 1. The highest BCUT2D eigenvalue weighted by molar-refractivity contribution is 5.63. The van der Waals surface area contributed by atoms with Gasteiger partial charge in [0.15, 0.2) is 0 Å². The van der Waals surface area contributed by atoms with Crippen LogP contribution in [0.5, 0.6) is 0 Å². The number of unbranched alkanes of at least 4 members (excludes halogenated alkanes) is 12. The van der Waals surface area contributed by atoms with Crippen molar-refractivity contribution in [2.24, 2.45) is 0 Å². The van der Waals surface area contributed by atoms with E-state index in [4.69, 9.17) is 0 Å². The van der Waals surface area contributed by atoms with Crippen molar-refractivity contribution in [2.45, 2.75) is 90.4 Å². The maximum Gasteiger partial charge on any atom is 0.450 e. The summed E-state index contributed by atoms with van der Waals surface area (Å²) in [7, 11) is 0. The van der Waals surface area contributed by atoms with Crippen LogP contribution in [0.2, 0.25) is 0 Å². The second-order valence-corrected chi connectivity index (χ2v) is 5.46. The molecule has 0 aliphatic rings. The van der Waals surface area contributed by atoms with E-state index >= 15 is 0 Å². The van der Waals surface area contributed by atoms with E-state index in [1.807, 2.05) is 0 Å². The van der Waals surface area contributed by atoms with Crippen LogP contribution in [0.15, 0.2) is 0 Å². The zero-order chi connectivity index (χ0) is 14.2. The van der Waals surface area contributed by atoms with E-state index in [9.17, 15) is 9.90 Å². The summed E-state index contributed by atoms with van der Waals surface area (Å²) in [4.78, 5) is 10.1. The third kappa shape index (κ3) is 17.3. The first-order chi connectivity index (χ1) is 9.27. The predicted molar refractivity (Wildman–Crippen MR) is 79.8 cm³/mol. The van der Waals surface area contributed by atoms with Gasteiger partial charge in [-0.2, -0.15) is 0 Å². The molecule has 0 aromatic rings. The van der Waals surface area contributed by atoms with Gasteiger partial charge in [-0.15, -0.1) is 0 Å². The van der Waals surface area contributed by atoms with Crippen molar-refractivity contribution in [3.05, 3.63) is 0 Å². The molecule has 0 rings (SSSR count). The maximum atomic E-state index is 10.1. The van der Waals surface area contributed by atoms with Crippen LogP contribution in [0.1, 0.15) is 90.4 Å². The number of amides is 1. The van der Waals surface area contributed by atoms with Crippen LogP contribution in [0.25, 0.3) is 0 Å². The Bertz CT molecular complexity index is 195.